The summed E-state index contributed by atoms with van der Waals surface area (Å²) < 4.78 is 0. The monoisotopic (exact) mass is 267 g/mol. The van der Waals surface area contributed by atoms with E-state index in [-0.39, 0.29) is 5.41 Å². The van der Waals surface area contributed by atoms with Gasteiger partial charge in [-0.25, -0.2) is 5.43 Å². The van der Waals surface area contributed by atoms with E-state index in [4.69, 9.17) is 5.26 Å². The Morgan fingerprint density at radius 1 is 1.35 bits per heavy atom. The van der Waals surface area contributed by atoms with Gasteiger partial charge in [-0.2, -0.15) is 5.26 Å². The molecule has 3 rings (SSSR count). The minimum atomic E-state index is 0.253. The van der Waals surface area contributed by atoms with Crippen LogP contribution in [0.15, 0.2) is 42.0 Å². The highest BCUT2D eigenvalue weighted by Crippen LogP contribution is 2.45. The predicted octanol–water partition coefficient (Wildman–Crippen LogP) is 3.27. The van der Waals surface area contributed by atoms with Crippen molar-refractivity contribution in [1.82, 2.24) is 5.43 Å². The maximum absolute atomic E-state index is 9.03. The van der Waals surface area contributed by atoms with Crippen molar-refractivity contribution >= 4 is 5.69 Å². The molecule has 1 N–H and O–H groups in total. The Hall–Kier alpha value is -1.79. The summed E-state index contributed by atoms with van der Waals surface area (Å²) in [7, 11) is 0. The highest BCUT2D eigenvalue weighted by molar-refractivity contribution is 5.48. The van der Waals surface area contributed by atoms with Crippen molar-refractivity contribution in [2.75, 3.05) is 11.6 Å². The number of benzene rings is 1. The Balaban J connectivity index is 1.93. The highest BCUT2D eigenvalue weighted by atomic mass is 15.5. The molecule has 1 aromatic rings. The summed E-state index contributed by atoms with van der Waals surface area (Å²) in [5.74, 6) is 0.461. The van der Waals surface area contributed by atoms with Crippen molar-refractivity contribution in [3.05, 3.63) is 42.0 Å². The van der Waals surface area contributed by atoms with E-state index in [1.165, 1.54) is 11.3 Å². The number of hydrogen-bond donors (Lipinski definition) is 1. The summed E-state index contributed by atoms with van der Waals surface area (Å²) in [6, 6.07) is 13.2. The fourth-order valence-corrected chi connectivity index (χ4v) is 3.68. The van der Waals surface area contributed by atoms with Gasteiger partial charge in [-0.15, -0.1) is 0 Å². The second kappa shape index (κ2) is 4.96. The van der Waals surface area contributed by atoms with Crippen LogP contribution in [-0.4, -0.2) is 12.6 Å². The molecule has 20 heavy (non-hydrogen) atoms. The Labute approximate surface area is 120 Å². The molecule has 1 saturated carbocycles. The molecule has 1 aromatic carbocycles. The van der Waals surface area contributed by atoms with Gasteiger partial charge >= 0.3 is 0 Å². The van der Waals surface area contributed by atoms with Gasteiger partial charge in [-0.05, 0) is 30.4 Å². The SMILES string of the molecule is CC1(C)C/C(=C\C#N)C2CNN(c3ccccc3)C2C1. The van der Waals surface area contributed by atoms with Crippen LogP contribution in [0.2, 0.25) is 0 Å². The molecule has 2 fully saturated rings. The number of allylic oxidation sites excluding steroid dienone is 1. The maximum atomic E-state index is 9.03. The van der Waals surface area contributed by atoms with E-state index in [1.807, 2.05) is 6.07 Å². The summed E-state index contributed by atoms with van der Waals surface area (Å²) in [5.41, 5.74) is 6.30. The van der Waals surface area contributed by atoms with Crippen LogP contribution in [0.25, 0.3) is 0 Å². The van der Waals surface area contributed by atoms with Gasteiger partial charge in [0, 0.05) is 18.5 Å². The van der Waals surface area contributed by atoms with Crippen molar-refractivity contribution in [2.45, 2.75) is 32.7 Å². The molecule has 1 aliphatic heterocycles. The first-order valence-electron chi connectivity index (χ1n) is 7.27. The molecule has 2 atom stereocenters. The molecule has 0 aromatic heterocycles. The first-order chi connectivity index (χ1) is 9.61. The third kappa shape index (κ3) is 2.32. The van der Waals surface area contributed by atoms with Gasteiger partial charge in [0.15, 0.2) is 0 Å². The topological polar surface area (TPSA) is 39.1 Å². The van der Waals surface area contributed by atoms with Crippen molar-refractivity contribution in [2.24, 2.45) is 11.3 Å². The fraction of sp³-hybridized carbons (Fsp3) is 0.471. The number of anilines is 1. The molecule has 2 unspecified atom stereocenters. The van der Waals surface area contributed by atoms with Gasteiger partial charge < -0.3 is 5.01 Å². The third-order valence-corrected chi connectivity index (χ3v) is 4.48. The molecule has 0 spiro atoms. The van der Waals surface area contributed by atoms with E-state index in [9.17, 15) is 0 Å². The fourth-order valence-electron chi connectivity index (χ4n) is 3.68. The van der Waals surface area contributed by atoms with Crippen molar-refractivity contribution in [1.29, 1.82) is 5.26 Å². The summed E-state index contributed by atoms with van der Waals surface area (Å²) >= 11 is 0. The normalized spacial score (nSPS) is 30.1. The average Bonchev–Trinajstić information content (AvgIpc) is 2.82. The molecule has 104 valence electrons. The van der Waals surface area contributed by atoms with Crippen molar-refractivity contribution in [3.63, 3.8) is 0 Å². The average molecular weight is 267 g/mol. The zero-order valence-electron chi connectivity index (χ0n) is 12.1. The van der Waals surface area contributed by atoms with E-state index < -0.39 is 0 Å². The number of hydrazine groups is 1. The van der Waals surface area contributed by atoms with E-state index in [2.05, 4.69) is 54.6 Å². The van der Waals surface area contributed by atoms with Crippen LogP contribution in [0, 0.1) is 22.7 Å². The number of hydrogen-bond acceptors (Lipinski definition) is 3. The molecular weight excluding hydrogens is 246 g/mol. The van der Waals surface area contributed by atoms with E-state index >= 15 is 0 Å². The third-order valence-electron chi connectivity index (χ3n) is 4.48. The zero-order chi connectivity index (χ0) is 14.2. The number of nitrogens with zero attached hydrogens (tertiary/aromatic N) is 2. The molecule has 0 amide bonds. The van der Waals surface area contributed by atoms with Gasteiger partial charge in [-0.3, -0.25) is 0 Å². The molecular formula is C17H21N3. The van der Waals surface area contributed by atoms with Crippen LogP contribution >= 0.6 is 0 Å². The summed E-state index contributed by atoms with van der Waals surface area (Å²) in [4.78, 5) is 0. The zero-order valence-corrected chi connectivity index (χ0v) is 12.1. The first-order valence-corrected chi connectivity index (χ1v) is 7.27. The summed E-state index contributed by atoms with van der Waals surface area (Å²) in [5, 5.41) is 11.3. The quantitative estimate of drug-likeness (QED) is 0.794. The lowest BCUT2D eigenvalue weighted by atomic mass is 9.68. The summed E-state index contributed by atoms with van der Waals surface area (Å²) in [6.45, 7) is 5.54. The lowest BCUT2D eigenvalue weighted by Gasteiger charge is -2.41. The Morgan fingerprint density at radius 2 is 2.10 bits per heavy atom. The van der Waals surface area contributed by atoms with Crippen LogP contribution in [0.5, 0.6) is 0 Å². The van der Waals surface area contributed by atoms with Crippen molar-refractivity contribution < 1.29 is 0 Å². The number of nitriles is 1. The van der Waals surface area contributed by atoms with Crippen LogP contribution in [0.4, 0.5) is 5.69 Å². The van der Waals surface area contributed by atoms with Gasteiger partial charge in [0.1, 0.15) is 0 Å². The first kappa shape index (κ1) is 13.2. The van der Waals surface area contributed by atoms with Gasteiger partial charge in [0.2, 0.25) is 0 Å². The van der Waals surface area contributed by atoms with Gasteiger partial charge in [-0.1, -0.05) is 37.6 Å². The Morgan fingerprint density at radius 3 is 2.80 bits per heavy atom. The van der Waals surface area contributed by atoms with Gasteiger partial charge in [0.25, 0.3) is 0 Å². The second-order valence-electron chi connectivity index (χ2n) is 6.64. The highest BCUT2D eigenvalue weighted by Gasteiger charge is 2.44. The lowest BCUT2D eigenvalue weighted by Crippen LogP contribution is -2.43. The molecule has 1 saturated heterocycles. The Bertz CT molecular complexity index is 553. The van der Waals surface area contributed by atoms with Crippen LogP contribution in [-0.2, 0) is 0 Å². The second-order valence-corrected chi connectivity index (χ2v) is 6.64. The number of rotatable bonds is 1. The van der Waals surface area contributed by atoms with E-state index in [0.717, 1.165) is 19.4 Å². The van der Waals surface area contributed by atoms with Crippen LogP contribution < -0.4 is 10.4 Å². The van der Waals surface area contributed by atoms with E-state index in [1.54, 1.807) is 6.08 Å². The maximum Gasteiger partial charge on any atom is 0.0911 e. The predicted molar refractivity (Wildman–Crippen MR) is 80.9 cm³/mol. The van der Waals surface area contributed by atoms with Gasteiger partial charge in [0.05, 0.1) is 17.8 Å². The van der Waals surface area contributed by atoms with E-state index in [0.29, 0.717) is 12.0 Å². The smallest absolute Gasteiger partial charge is 0.0911 e. The lowest BCUT2D eigenvalue weighted by molar-refractivity contribution is 0.237. The molecule has 0 radical (unpaired) electrons. The van der Waals surface area contributed by atoms with Crippen LogP contribution in [0.3, 0.4) is 0 Å². The Kier molecular flexibility index (Phi) is 3.27. The number of para-hydroxylation sites is 1. The molecule has 2 aliphatic rings. The molecule has 3 heteroatoms. The summed E-state index contributed by atoms with van der Waals surface area (Å²) in [6.07, 6.45) is 3.96. The number of nitrogens with one attached hydrogen (secondary N) is 1. The molecule has 1 heterocycles. The van der Waals surface area contributed by atoms with Crippen molar-refractivity contribution in [3.8, 4) is 6.07 Å². The number of fused-ring (bicyclic) bond motifs is 1. The standard InChI is InChI=1S/C17H21N3/c1-17(2)10-13(8-9-18)15-12-19-20(16(15)11-17)14-6-4-3-5-7-14/h3-8,15-16,19H,10-12H2,1-2H3/b13-8+. The molecule has 1 aliphatic carbocycles. The minimum Gasteiger partial charge on any atom is -0.305 e. The van der Waals surface area contributed by atoms with Crippen LogP contribution in [0.1, 0.15) is 26.7 Å². The molecule has 0 bridgehead atoms. The molecule has 3 nitrogen and oxygen atoms in total. The largest absolute Gasteiger partial charge is 0.305 e. The minimum absolute atomic E-state index is 0.253.